The maximum atomic E-state index is 13.3. The van der Waals surface area contributed by atoms with E-state index in [1.54, 1.807) is 16.9 Å². The van der Waals surface area contributed by atoms with Crippen LogP contribution in [0.1, 0.15) is 11.3 Å². The lowest BCUT2D eigenvalue weighted by Crippen LogP contribution is -2.06. The van der Waals surface area contributed by atoms with E-state index < -0.39 is 11.7 Å². The first-order valence-electron chi connectivity index (χ1n) is 9.53. The Morgan fingerprint density at radius 1 is 0.871 bits per heavy atom. The lowest BCUT2D eigenvalue weighted by atomic mass is 10.0. The van der Waals surface area contributed by atoms with Crippen LogP contribution in [0.25, 0.3) is 38.6 Å². The molecule has 7 heteroatoms. The molecule has 0 atom stereocenters. The van der Waals surface area contributed by atoms with Crippen molar-refractivity contribution >= 4 is 33.4 Å². The standard InChI is InChI=1S/C24H15ClF3N3/c1-14-21-13-29-22-10-7-16(15-5-8-18(25)9-6-15)11-20(22)23(21)31(30-14)19-4-2-3-17(12-19)24(26,27)28/h2-13H,1H3. The minimum absolute atomic E-state index is 0.345. The Morgan fingerprint density at radius 3 is 2.35 bits per heavy atom. The Hall–Kier alpha value is -3.38. The van der Waals surface area contributed by atoms with Crippen LogP contribution in [0.4, 0.5) is 13.2 Å². The fourth-order valence-electron chi connectivity index (χ4n) is 3.75. The lowest BCUT2D eigenvalue weighted by Gasteiger charge is -2.11. The van der Waals surface area contributed by atoms with Gasteiger partial charge in [-0.15, -0.1) is 0 Å². The van der Waals surface area contributed by atoms with Gasteiger partial charge in [-0.05, 0) is 60.5 Å². The van der Waals surface area contributed by atoms with Crippen molar-refractivity contribution in [2.45, 2.75) is 13.1 Å². The third-order valence-electron chi connectivity index (χ3n) is 5.29. The molecule has 0 N–H and O–H groups in total. The molecule has 5 rings (SSSR count). The number of hydrogen-bond donors (Lipinski definition) is 0. The van der Waals surface area contributed by atoms with Gasteiger partial charge in [0.05, 0.1) is 28.0 Å². The molecule has 0 amide bonds. The zero-order valence-corrected chi connectivity index (χ0v) is 17.0. The topological polar surface area (TPSA) is 30.7 Å². The SMILES string of the molecule is Cc1nn(-c2cccc(C(F)(F)F)c2)c2c1cnc1ccc(-c3ccc(Cl)cc3)cc12. The molecule has 0 radical (unpaired) electrons. The maximum absolute atomic E-state index is 13.3. The molecule has 154 valence electrons. The molecule has 2 aromatic heterocycles. The van der Waals surface area contributed by atoms with Crippen molar-refractivity contribution in [2.75, 3.05) is 0 Å². The van der Waals surface area contributed by atoms with Gasteiger partial charge in [0, 0.05) is 22.0 Å². The number of fused-ring (bicyclic) bond motifs is 3. The molecule has 3 aromatic carbocycles. The van der Waals surface area contributed by atoms with Crippen molar-refractivity contribution in [1.29, 1.82) is 0 Å². The summed E-state index contributed by atoms with van der Waals surface area (Å²) in [5.41, 5.74) is 3.71. The molecule has 0 aliphatic heterocycles. The van der Waals surface area contributed by atoms with Crippen LogP contribution in [0.5, 0.6) is 0 Å². The zero-order valence-electron chi connectivity index (χ0n) is 16.3. The van der Waals surface area contributed by atoms with Crippen molar-refractivity contribution in [3.05, 3.63) is 89.2 Å². The van der Waals surface area contributed by atoms with Crippen molar-refractivity contribution in [3.8, 4) is 16.8 Å². The Bertz CT molecular complexity index is 1440. The maximum Gasteiger partial charge on any atom is 0.416 e. The zero-order chi connectivity index (χ0) is 21.8. The van der Waals surface area contributed by atoms with Gasteiger partial charge in [-0.2, -0.15) is 18.3 Å². The fourth-order valence-corrected chi connectivity index (χ4v) is 3.87. The van der Waals surface area contributed by atoms with Crippen molar-refractivity contribution in [1.82, 2.24) is 14.8 Å². The molecule has 0 aliphatic carbocycles. The number of pyridine rings is 1. The second-order valence-electron chi connectivity index (χ2n) is 7.30. The summed E-state index contributed by atoms with van der Waals surface area (Å²) in [6, 6.07) is 18.5. The molecule has 31 heavy (non-hydrogen) atoms. The van der Waals surface area contributed by atoms with Gasteiger partial charge in [0.2, 0.25) is 0 Å². The summed E-state index contributed by atoms with van der Waals surface area (Å²) < 4.78 is 41.4. The van der Waals surface area contributed by atoms with Crippen LogP contribution in [0.3, 0.4) is 0 Å². The Labute approximate surface area is 180 Å². The number of rotatable bonds is 2. The van der Waals surface area contributed by atoms with E-state index in [2.05, 4.69) is 10.1 Å². The van der Waals surface area contributed by atoms with E-state index in [0.29, 0.717) is 16.4 Å². The van der Waals surface area contributed by atoms with Crippen molar-refractivity contribution in [3.63, 3.8) is 0 Å². The van der Waals surface area contributed by atoms with E-state index in [9.17, 15) is 13.2 Å². The molecular formula is C24H15ClF3N3. The average Bonchev–Trinajstić information content (AvgIpc) is 3.10. The summed E-state index contributed by atoms with van der Waals surface area (Å²) in [5, 5.41) is 6.78. The number of halogens is 4. The highest BCUT2D eigenvalue weighted by atomic mass is 35.5. The molecular weight excluding hydrogens is 423 g/mol. The Kier molecular flexibility index (Phi) is 4.48. The summed E-state index contributed by atoms with van der Waals surface area (Å²) in [4.78, 5) is 4.53. The number of hydrogen-bond acceptors (Lipinski definition) is 2. The monoisotopic (exact) mass is 437 g/mol. The molecule has 0 saturated carbocycles. The average molecular weight is 438 g/mol. The number of benzene rings is 3. The minimum atomic E-state index is -4.43. The predicted octanol–water partition coefficient (Wildman–Crippen LogP) is 7.22. The van der Waals surface area contributed by atoms with Gasteiger partial charge in [0.15, 0.2) is 0 Å². The second-order valence-corrected chi connectivity index (χ2v) is 7.74. The molecule has 3 nitrogen and oxygen atoms in total. The third-order valence-corrected chi connectivity index (χ3v) is 5.54. The van der Waals surface area contributed by atoms with Gasteiger partial charge < -0.3 is 0 Å². The van der Waals surface area contributed by atoms with Gasteiger partial charge in [-0.25, -0.2) is 4.68 Å². The first-order chi connectivity index (χ1) is 14.8. The highest BCUT2D eigenvalue weighted by molar-refractivity contribution is 6.30. The quantitative estimate of drug-likeness (QED) is 0.292. The van der Waals surface area contributed by atoms with Crippen LogP contribution in [0, 0.1) is 6.92 Å². The molecule has 0 bridgehead atoms. The van der Waals surface area contributed by atoms with E-state index in [0.717, 1.165) is 45.1 Å². The van der Waals surface area contributed by atoms with Crippen LogP contribution in [0.2, 0.25) is 5.02 Å². The second kappa shape index (κ2) is 7.10. The predicted molar refractivity (Wildman–Crippen MR) is 117 cm³/mol. The van der Waals surface area contributed by atoms with Gasteiger partial charge >= 0.3 is 6.18 Å². The van der Waals surface area contributed by atoms with Crippen LogP contribution < -0.4 is 0 Å². The first kappa shape index (κ1) is 19.6. The first-order valence-corrected chi connectivity index (χ1v) is 9.91. The summed E-state index contributed by atoms with van der Waals surface area (Å²) in [6.45, 7) is 1.82. The lowest BCUT2D eigenvalue weighted by molar-refractivity contribution is -0.137. The normalized spacial score (nSPS) is 12.0. The van der Waals surface area contributed by atoms with E-state index in [1.165, 1.54) is 6.07 Å². The van der Waals surface area contributed by atoms with E-state index in [-0.39, 0.29) is 0 Å². The minimum Gasteiger partial charge on any atom is -0.255 e. The Balaban J connectivity index is 1.78. The molecule has 0 aliphatic rings. The summed E-state index contributed by atoms with van der Waals surface area (Å²) in [5.74, 6) is 0. The van der Waals surface area contributed by atoms with Crippen LogP contribution in [0.15, 0.2) is 72.9 Å². The number of aromatic nitrogens is 3. The van der Waals surface area contributed by atoms with Gasteiger partial charge in [0.1, 0.15) is 0 Å². The van der Waals surface area contributed by atoms with Crippen molar-refractivity contribution in [2.24, 2.45) is 0 Å². The summed E-state index contributed by atoms with van der Waals surface area (Å²) >= 11 is 6.01. The molecule has 2 heterocycles. The number of alkyl halides is 3. The third kappa shape index (κ3) is 3.43. The molecule has 5 aromatic rings. The van der Waals surface area contributed by atoms with Crippen LogP contribution >= 0.6 is 11.6 Å². The molecule has 0 spiro atoms. The van der Waals surface area contributed by atoms with Gasteiger partial charge in [-0.1, -0.05) is 35.9 Å². The van der Waals surface area contributed by atoms with E-state index in [1.807, 2.05) is 49.4 Å². The smallest absolute Gasteiger partial charge is 0.255 e. The van der Waals surface area contributed by atoms with Crippen molar-refractivity contribution < 1.29 is 13.2 Å². The largest absolute Gasteiger partial charge is 0.416 e. The summed E-state index contributed by atoms with van der Waals surface area (Å²) in [6.07, 6.45) is -2.72. The van der Waals surface area contributed by atoms with Gasteiger partial charge in [-0.3, -0.25) is 4.98 Å². The Morgan fingerprint density at radius 2 is 1.61 bits per heavy atom. The summed E-state index contributed by atoms with van der Waals surface area (Å²) in [7, 11) is 0. The highest BCUT2D eigenvalue weighted by Gasteiger charge is 2.30. The van der Waals surface area contributed by atoms with Crippen LogP contribution in [-0.2, 0) is 6.18 Å². The van der Waals surface area contributed by atoms with E-state index >= 15 is 0 Å². The highest BCUT2D eigenvalue weighted by Crippen LogP contribution is 2.34. The molecule has 0 saturated heterocycles. The number of aryl methyl sites for hydroxylation is 1. The fraction of sp³-hybridized carbons (Fsp3) is 0.0833. The van der Waals surface area contributed by atoms with Crippen LogP contribution in [-0.4, -0.2) is 14.8 Å². The van der Waals surface area contributed by atoms with E-state index in [4.69, 9.17) is 11.6 Å². The number of nitrogens with zero attached hydrogens (tertiary/aromatic N) is 3. The molecule has 0 fully saturated rings. The molecule has 0 unspecified atom stereocenters. The van der Waals surface area contributed by atoms with Gasteiger partial charge in [0.25, 0.3) is 0 Å².